The number of carbonyl (C=O) groups is 1. The van der Waals surface area contributed by atoms with E-state index in [0.717, 1.165) is 24.2 Å². The highest BCUT2D eigenvalue weighted by molar-refractivity contribution is 6.30. The lowest BCUT2D eigenvalue weighted by Crippen LogP contribution is -2.37. The van der Waals surface area contributed by atoms with E-state index in [4.69, 9.17) is 22.1 Å². The summed E-state index contributed by atoms with van der Waals surface area (Å²) in [5.41, 5.74) is 6.41. The molecular weight excluding hydrogens is 299 g/mol. The van der Waals surface area contributed by atoms with Crippen LogP contribution in [0.25, 0.3) is 0 Å². The topological polar surface area (TPSA) is 64.3 Å². The van der Waals surface area contributed by atoms with Gasteiger partial charge in [0.25, 0.3) is 0 Å². The Hall–Kier alpha value is -0.970. The van der Waals surface area contributed by atoms with Gasteiger partial charge in [-0.15, -0.1) is 12.4 Å². The summed E-state index contributed by atoms with van der Waals surface area (Å²) in [5, 5.41) is 3.60. The molecule has 0 radical (unpaired) electrons. The van der Waals surface area contributed by atoms with Crippen LogP contribution in [0.3, 0.4) is 0 Å². The Balaban J connectivity index is 0.00000200. The van der Waals surface area contributed by atoms with E-state index in [1.807, 2.05) is 12.1 Å². The summed E-state index contributed by atoms with van der Waals surface area (Å²) < 4.78 is 5.60. The molecule has 1 amide bonds. The van der Waals surface area contributed by atoms with Gasteiger partial charge < -0.3 is 15.8 Å². The van der Waals surface area contributed by atoms with E-state index in [-0.39, 0.29) is 24.2 Å². The average molecular weight is 319 g/mol. The molecule has 112 valence electrons. The van der Waals surface area contributed by atoms with E-state index < -0.39 is 0 Å². The van der Waals surface area contributed by atoms with E-state index in [9.17, 15) is 4.79 Å². The molecule has 0 aliphatic carbocycles. The van der Waals surface area contributed by atoms with Crippen LogP contribution < -0.4 is 15.8 Å². The van der Waals surface area contributed by atoms with Crippen molar-refractivity contribution >= 4 is 29.9 Å². The van der Waals surface area contributed by atoms with Crippen LogP contribution in [-0.2, 0) is 11.2 Å². The third kappa shape index (κ3) is 4.54. The molecule has 1 atom stereocenters. The van der Waals surface area contributed by atoms with E-state index in [1.54, 1.807) is 6.07 Å². The normalized spacial score (nSPS) is 16.6. The quantitative estimate of drug-likeness (QED) is 0.818. The second-order valence-corrected chi connectivity index (χ2v) is 5.19. The van der Waals surface area contributed by atoms with Gasteiger partial charge in [0.2, 0.25) is 5.91 Å². The largest absolute Gasteiger partial charge is 0.492 e. The molecule has 1 aliphatic rings. The van der Waals surface area contributed by atoms with Gasteiger partial charge in [0, 0.05) is 11.6 Å². The van der Waals surface area contributed by atoms with E-state index in [0.29, 0.717) is 31.1 Å². The van der Waals surface area contributed by atoms with Crippen molar-refractivity contribution in [1.82, 2.24) is 5.32 Å². The van der Waals surface area contributed by atoms with Crippen LogP contribution in [0.15, 0.2) is 18.2 Å². The van der Waals surface area contributed by atoms with Crippen LogP contribution in [-0.4, -0.2) is 25.6 Å². The molecule has 6 heteroatoms. The molecule has 1 aromatic rings. The zero-order valence-electron chi connectivity index (χ0n) is 11.2. The minimum atomic E-state index is -0.135. The molecule has 4 nitrogen and oxygen atoms in total. The molecule has 0 fully saturated rings. The Morgan fingerprint density at radius 1 is 1.45 bits per heavy atom. The van der Waals surface area contributed by atoms with Crippen LogP contribution in [0.5, 0.6) is 5.75 Å². The third-order valence-electron chi connectivity index (χ3n) is 3.23. The SMILES string of the molecule is Cl.NCCCCNC(=O)C1COc2ccc(Cl)cc2C1. The van der Waals surface area contributed by atoms with E-state index >= 15 is 0 Å². The van der Waals surface area contributed by atoms with Gasteiger partial charge in [0.15, 0.2) is 0 Å². The smallest absolute Gasteiger partial charge is 0.226 e. The van der Waals surface area contributed by atoms with Gasteiger partial charge in [0.1, 0.15) is 12.4 Å². The fourth-order valence-electron chi connectivity index (χ4n) is 2.16. The summed E-state index contributed by atoms with van der Waals surface area (Å²) in [5.74, 6) is 0.739. The molecule has 3 N–H and O–H groups in total. The number of hydrogen-bond acceptors (Lipinski definition) is 3. The maximum absolute atomic E-state index is 12.0. The Bertz CT molecular complexity index is 455. The lowest BCUT2D eigenvalue weighted by atomic mass is 9.96. The molecule has 0 bridgehead atoms. The number of hydrogen-bond donors (Lipinski definition) is 2. The van der Waals surface area contributed by atoms with Gasteiger partial charge in [0.05, 0.1) is 5.92 Å². The molecule has 1 aromatic carbocycles. The van der Waals surface area contributed by atoms with Crippen LogP contribution in [0, 0.1) is 5.92 Å². The number of nitrogens with one attached hydrogen (secondary N) is 1. The molecule has 1 aliphatic heterocycles. The van der Waals surface area contributed by atoms with Gasteiger partial charge >= 0.3 is 0 Å². The molecule has 0 saturated carbocycles. The Morgan fingerprint density at radius 2 is 2.25 bits per heavy atom. The van der Waals surface area contributed by atoms with Gasteiger partial charge in [-0.25, -0.2) is 0 Å². The number of nitrogens with two attached hydrogens (primary N) is 1. The van der Waals surface area contributed by atoms with Crippen molar-refractivity contribution in [2.45, 2.75) is 19.3 Å². The van der Waals surface area contributed by atoms with Crippen molar-refractivity contribution < 1.29 is 9.53 Å². The lowest BCUT2D eigenvalue weighted by Gasteiger charge is -2.24. The van der Waals surface area contributed by atoms with Crippen molar-refractivity contribution in [3.05, 3.63) is 28.8 Å². The predicted octanol–water partition coefficient (Wildman–Crippen LogP) is 2.17. The van der Waals surface area contributed by atoms with Crippen LogP contribution in [0.4, 0.5) is 0 Å². The first-order valence-electron chi connectivity index (χ1n) is 6.59. The summed E-state index contributed by atoms with van der Waals surface area (Å²) in [4.78, 5) is 12.0. The minimum absolute atomic E-state index is 0. The first-order valence-corrected chi connectivity index (χ1v) is 6.97. The zero-order valence-corrected chi connectivity index (χ0v) is 12.8. The number of carbonyl (C=O) groups excluding carboxylic acids is 1. The first kappa shape index (κ1) is 17.1. The van der Waals surface area contributed by atoms with Gasteiger partial charge in [-0.05, 0) is 49.6 Å². The van der Waals surface area contributed by atoms with Gasteiger partial charge in [-0.2, -0.15) is 0 Å². The van der Waals surface area contributed by atoms with E-state index in [2.05, 4.69) is 5.32 Å². The number of halogens is 2. The van der Waals surface area contributed by atoms with Crippen molar-refractivity contribution in [2.75, 3.05) is 19.7 Å². The zero-order chi connectivity index (χ0) is 13.7. The fourth-order valence-corrected chi connectivity index (χ4v) is 2.35. The summed E-state index contributed by atoms with van der Waals surface area (Å²) in [6, 6.07) is 5.52. The summed E-state index contributed by atoms with van der Waals surface area (Å²) in [6.07, 6.45) is 2.52. The molecule has 1 unspecified atom stereocenters. The molecule has 0 aromatic heterocycles. The molecule has 1 heterocycles. The van der Waals surface area contributed by atoms with Crippen molar-refractivity contribution in [3.8, 4) is 5.75 Å². The molecule has 0 saturated heterocycles. The number of benzene rings is 1. The van der Waals surface area contributed by atoms with Crippen LogP contribution >= 0.6 is 24.0 Å². The number of rotatable bonds is 5. The average Bonchev–Trinajstić information content (AvgIpc) is 2.42. The Labute approximate surface area is 130 Å². The highest BCUT2D eigenvalue weighted by Gasteiger charge is 2.25. The molecule has 20 heavy (non-hydrogen) atoms. The van der Waals surface area contributed by atoms with Gasteiger partial charge in [-0.3, -0.25) is 4.79 Å². The van der Waals surface area contributed by atoms with Crippen LogP contribution in [0.1, 0.15) is 18.4 Å². The Kier molecular flexibility index (Phi) is 7.13. The Morgan fingerprint density at radius 3 is 3.00 bits per heavy atom. The molecule has 2 rings (SSSR count). The van der Waals surface area contributed by atoms with E-state index in [1.165, 1.54) is 0 Å². The number of ether oxygens (including phenoxy) is 1. The summed E-state index contributed by atoms with van der Waals surface area (Å²) >= 11 is 5.95. The highest BCUT2D eigenvalue weighted by Crippen LogP contribution is 2.29. The second kappa shape index (κ2) is 8.35. The first-order chi connectivity index (χ1) is 9.20. The van der Waals surface area contributed by atoms with Crippen molar-refractivity contribution in [3.63, 3.8) is 0 Å². The van der Waals surface area contributed by atoms with Gasteiger partial charge in [-0.1, -0.05) is 11.6 Å². The lowest BCUT2D eigenvalue weighted by molar-refractivity contribution is -0.126. The molecular formula is C14H20Cl2N2O2. The molecule has 0 spiro atoms. The minimum Gasteiger partial charge on any atom is -0.492 e. The number of amides is 1. The highest BCUT2D eigenvalue weighted by atomic mass is 35.5. The maximum atomic E-state index is 12.0. The monoisotopic (exact) mass is 318 g/mol. The maximum Gasteiger partial charge on any atom is 0.226 e. The standard InChI is InChI=1S/C14H19ClN2O2.ClH/c15-12-3-4-13-10(8-12)7-11(9-19-13)14(18)17-6-2-1-5-16;/h3-4,8,11H,1-2,5-7,9,16H2,(H,17,18);1H. The fraction of sp³-hybridized carbons (Fsp3) is 0.500. The van der Waals surface area contributed by atoms with Crippen molar-refractivity contribution in [1.29, 1.82) is 0 Å². The van der Waals surface area contributed by atoms with Crippen LogP contribution in [0.2, 0.25) is 5.02 Å². The second-order valence-electron chi connectivity index (χ2n) is 4.75. The third-order valence-corrected chi connectivity index (χ3v) is 3.46. The summed E-state index contributed by atoms with van der Waals surface area (Å²) in [7, 11) is 0. The number of fused-ring (bicyclic) bond motifs is 1. The summed E-state index contributed by atoms with van der Waals surface area (Å²) in [6.45, 7) is 1.76. The predicted molar refractivity (Wildman–Crippen MR) is 82.7 cm³/mol. The number of unbranched alkanes of at least 4 members (excludes halogenated alkanes) is 1. The van der Waals surface area contributed by atoms with Crippen molar-refractivity contribution in [2.24, 2.45) is 11.7 Å².